The molecule has 0 spiro atoms. The molecule has 0 saturated carbocycles. The SMILES string of the molecule is CC(C)n1cnc2c(NCCCN3CCCC3=O)nc(-c3cccs3)nc21. The van der Waals surface area contributed by atoms with Gasteiger partial charge in [0.2, 0.25) is 5.91 Å². The van der Waals surface area contributed by atoms with Gasteiger partial charge in [0.25, 0.3) is 0 Å². The van der Waals surface area contributed by atoms with E-state index in [-0.39, 0.29) is 11.9 Å². The second-order valence-corrected chi connectivity index (χ2v) is 8.00. The van der Waals surface area contributed by atoms with Crippen LogP contribution in [0.25, 0.3) is 21.9 Å². The molecule has 3 aromatic rings. The summed E-state index contributed by atoms with van der Waals surface area (Å²) in [5.41, 5.74) is 1.64. The molecule has 8 heteroatoms. The highest BCUT2D eigenvalue weighted by atomic mass is 32.1. The summed E-state index contributed by atoms with van der Waals surface area (Å²) in [6.07, 6.45) is 4.39. The minimum atomic E-state index is 0.273. The molecular formula is C19H24N6OS. The number of hydrogen-bond donors (Lipinski definition) is 1. The van der Waals surface area contributed by atoms with Gasteiger partial charge in [0.15, 0.2) is 17.3 Å². The number of imidazole rings is 1. The number of carbonyl (C=O) groups is 1. The molecule has 1 saturated heterocycles. The topological polar surface area (TPSA) is 75.9 Å². The van der Waals surface area contributed by atoms with E-state index in [1.165, 1.54) is 0 Å². The molecular weight excluding hydrogens is 360 g/mol. The first-order valence-electron chi connectivity index (χ1n) is 9.43. The van der Waals surface area contributed by atoms with Gasteiger partial charge in [0, 0.05) is 32.1 Å². The van der Waals surface area contributed by atoms with Crippen LogP contribution in [0.15, 0.2) is 23.8 Å². The van der Waals surface area contributed by atoms with Crippen molar-refractivity contribution in [2.24, 2.45) is 0 Å². The third-order valence-corrected chi connectivity index (χ3v) is 5.65. The second kappa shape index (κ2) is 7.64. The highest BCUT2D eigenvalue weighted by molar-refractivity contribution is 7.13. The van der Waals surface area contributed by atoms with Crippen molar-refractivity contribution in [2.75, 3.05) is 25.0 Å². The molecule has 0 bridgehead atoms. The maximum Gasteiger partial charge on any atom is 0.222 e. The van der Waals surface area contributed by atoms with Crippen molar-refractivity contribution in [1.82, 2.24) is 24.4 Å². The summed E-state index contributed by atoms with van der Waals surface area (Å²) in [4.78, 5) is 28.8. The van der Waals surface area contributed by atoms with E-state index in [4.69, 9.17) is 9.97 Å². The van der Waals surface area contributed by atoms with Crippen LogP contribution < -0.4 is 5.32 Å². The van der Waals surface area contributed by atoms with E-state index in [1.807, 2.05) is 28.7 Å². The number of thiophene rings is 1. The number of aromatic nitrogens is 4. The first kappa shape index (κ1) is 17.9. The number of amides is 1. The Kier molecular flexibility index (Phi) is 5.07. The van der Waals surface area contributed by atoms with E-state index < -0.39 is 0 Å². The minimum absolute atomic E-state index is 0.273. The molecule has 27 heavy (non-hydrogen) atoms. The Bertz CT molecular complexity index is 933. The van der Waals surface area contributed by atoms with Crippen molar-refractivity contribution in [3.63, 3.8) is 0 Å². The molecule has 7 nitrogen and oxygen atoms in total. The van der Waals surface area contributed by atoms with Crippen LogP contribution in [0.4, 0.5) is 5.82 Å². The monoisotopic (exact) mass is 384 g/mol. The fourth-order valence-corrected chi connectivity index (χ4v) is 4.01. The highest BCUT2D eigenvalue weighted by Crippen LogP contribution is 2.28. The van der Waals surface area contributed by atoms with Gasteiger partial charge in [-0.1, -0.05) is 6.07 Å². The molecule has 1 amide bonds. The summed E-state index contributed by atoms with van der Waals surface area (Å²) >= 11 is 1.63. The summed E-state index contributed by atoms with van der Waals surface area (Å²) in [6.45, 7) is 6.66. The molecule has 0 aromatic carbocycles. The van der Waals surface area contributed by atoms with Crippen molar-refractivity contribution in [1.29, 1.82) is 0 Å². The van der Waals surface area contributed by atoms with Gasteiger partial charge in [-0.25, -0.2) is 15.0 Å². The molecule has 1 aliphatic rings. The number of hydrogen-bond acceptors (Lipinski definition) is 6. The van der Waals surface area contributed by atoms with E-state index >= 15 is 0 Å². The first-order valence-corrected chi connectivity index (χ1v) is 10.3. The van der Waals surface area contributed by atoms with Crippen molar-refractivity contribution >= 4 is 34.2 Å². The number of fused-ring (bicyclic) bond motifs is 1. The van der Waals surface area contributed by atoms with E-state index in [0.29, 0.717) is 6.42 Å². The number of rotatable bonds is 7. The van der Waals surface area contributed by atoms with Crippen LogP contribution in [-0.4, -0.2) is 50.0 Å². The van der Waals surface area contributed by atoms with Crippen molar-refractivity contribution in [2.45, 2.75) is 39.2 Å². The lowest BCUT2D eigenvalue weighted by molar-refractivity contribution is -0.127. The smallest absolute Gasteiger partial charge is 0.222 e. The van der Waals surface area contributed by atoms with E-state index in [2.05, 4.69) is 28.7 Å². The van der Waals surface area contributed by atoms with E-state index in [1.54, 1.807) is 11.3 Å². The fraction of sp³-hybridized carbons (Fsp3) is 0.474. The molecule has 3 aromatic heterocycles. The zero-order chi connectivity index (χ0) is 18.8. The molecule has 1 aliphatic heterocycles. The van der Waals surface area contributed by atoms with Gasteiger partial charge >= 0.3 is 0 Å². The Labute approximate surface area is 162 Å². The van der Waals surface area contributed by atoms with Crippen LogP contribution in [0.2, 0.25) is 0 Å². The van der Waals surface area contributed by atoms with Crippen LogP contribution in [0.5, 0.6) is 0 Å². The lowest BCUT2D eigenvalue weighted by Gasteiger charge is -2.15. The Morgan fingerprint density at radius 3 is 2.93 bits per heavy atom. The van der Waals surface area contributed by atoms with E-state index in [0.717, 1.165) is 60.2 Å². The normalized spacial score (nSPS) is 14.6. The molecule has 1 N–H and O–H groups in total. The number of nitrogens with zero attached hydrogens (tertiary/aromatic N) is 5. The van der Waals surface area contributed by atoms with Crippen LogP contribution in [0, 0.1) is 0 Å². The van der Waals surface area contributed by atoms with Crippen LogP contribution in [0.1, 0.15) is 39.2 Å². The Hall–Kier alpha value is -2.48. The lowest BCUT2D eigenvalue weighted by atomic mass is 10.3. The molecule has 0 radical (unpaired) electrons. The van der Waals surface area contributed by atoms with Gasteiger partial charge in [0.05, 0.1) is 11.2 Å². The Balaban J connectivity index is 1.56. The van der Waals surface area contributed by atoms with Crippen LogP contribution >= 0.6 is 11.3 Å². The first-order chi connectivity index (χ1) is 13.1. The predicted octanol–water partition coefficient (Wildman–Crippen LogP) is 3.56. The zero-order valence-electron chi connectivity index (χ0n) is 15.7. The predicted molar refractivity (Wildman–Crippen MR) is 108 cm³/mol. The van der Waals surface area contributed by atoms with Crippen LogP contribution in [0.3, 0.4) is 0 Å². The Morgan fingerprint density at radius 2 is 2.22 bits per heavy atom. The Morgan fingerprint density at radius 1 is 1.33 bits per heavy atom. The standard InChI is InChI=1S/C19H24N6OS/c1-13(2)25-12-21-16-18(20-8-5-10-24-9-3-7-15(24)26)22-17(23-19(16)25)14-6-4-11-27-14/h4,6,11-13H,3,5,7-10H2,1-2H3,(H,20,22,23). The number of carbonyl (C=O) groups excluding carboxylic acids is 1. The maximum absolute atomic E-state index is 11.7. The number of anilines is 1. The molecule has 4 rings (SSSR count). The van der Waals surface area contributed by atoms with Gasteiger partial charge < -0.3 is 14.8 Å². The van der Waals surface area contributed by atoms with E-state index in [9.17, 15) is 4.79 Å². The summed E-state index contributed by atoms with van der Waals surface area (Å²) in [6, 6.07) is 4.31. The summed E-state index contributed by atoms with van der Waals surface area (Å²) < 4.78 is 2.07. The lowest BCUT2D eigenvalue weighted by Crippen LogP contribution is -2.27. The molecule has 0 atom stereocenters. The van der Waals surface area contributed by atoms with Gasteiger partial charge in [-0.2, -0.15) is 0 Å². The molecule has 142 valence electrons. The van der Waals surface area contributed by atoms with Gasteiger partial charge in [-0.05, 0) is 38.1 Å². The summed E-state index contributed by atoms with van der Waals surface area (Å²) in [7, 11) is 0. The average Bonchev–Trinajstić information content (AvgIpc) is 3.39. The average molecular weight is 385 g/mol. The quantitative estimate of drug-likeness (QED) is 0.630. The van der Waals surface area contributed by atoms with Crippen molar-refractivity contribution < 1.29 is 4.79 Å². The summed E-state index contributed by atoms with van der Waals surface area (Å²) in [5.74, 6) is 1.75. The van der Waals surface area contributed by atoms with Crippen LogP contribution in [-0.2, 0) is 4.79 Å². The fourth-order valence-electron chi connectivity index (χ4n) is 3.35. The zero-order valence-corrected chi connectivity index (χ0v) is 16.5. The molecule has 0 aliphatic carbocycles. The minimum Gasteiger partial charge on any atom is -0.368 e. The second-order valence-electron chi connectivity index (χ2n) is 7.06. The summed E-state index contributed by atoms with van der Waals surface area (Å²) in [5, 5.41) is 5.45. The third-order valence-electron chi connectivity index (χ3n) is 4.79. The molecule has 1 fully saturated rings. The van der Waals surface area contributed by atoms with Gasteiger partial charge in [0.1, 0.15) is 5.52 Å². The molecule has 4 heterocycles. The van der Waals surface area contributed by atoms with Gasteiger partial charge in [-0.15, -0.1) is 11.3 Å². The van der Waals surface area contributed by atoms with Crippen molar-refractivity contribution in [3.05, 3.63) is 23.8 Å². The third kappa shape index (κ3) is 3.66. The van der Waals surface area contributed by atoms with Crippen molar-refractivity contribution in [3.8, 4) is 10.7 Å². The number of likely N-dealkylation sites (tertiary alicyclic amines) is 1. The maximum atomic E-state index is 11.7. The number of nitrogens with one attached hydrogen (secondary N) is 1. The molecule has 0 unspecified atom stereocenters. The highest BCUT2D eigenvalue weighted by Gasteiger charge is 2.19. The van der Waals surface area contributed by atoms with Gasteiger partial charge in [-0.3, -0.25) is 4.79 Å². The largest absolute Gasteiger partial charge is 0.368 e.